The Balaban J connectivity index is 2.22. The van der Waals surface area contributed by atoms with Crippen LogP contribution in [0.5, 0.6) is 0 Å². The Hall–Kier alpha value is -1.59. The fraction of sp³-hybridized carbons (Fsp3) is 0.467. The summed E-state index contributed by atoms with van der Waals surface area (Å²) in [6, 6.07) is 4.68. The van der Waals surface area contributed by atoms with Gasteiger partial charge in [0.2, 0.25) is 5.91 Å². The van der Waals surface area contributed by atoms with Crippen molar-refractivity contribution in [2.75, 3.05) is 25.5 Å². The zero-order valence-electron chi connectivity index (χ0n) is 12.2. The minimum absolute atomic E-state index is 0.0704. The molecule has 1 fully saturated rings. The predicted molar refractivity (Wildman–Crippen MR) is 81.6 cm³/mol. The van der Waals surface area contributed by atoms with Gasteiger partial charge in [-0.1, -0.05) is 18.5 Å². The molecular weight excluding hydrogens is 292 g/mol. The van der Waals surface area contributed by atoms with Crippen LogP contribution in [0.2, 0.25) is 5.02 Å². The van der Waals surface area contributed by atoms with E-state index in [1.807, 2.05) is 6.92 Å². The summed E-state index contributed by atoms with van der Waals surface area (Å²) in [5.41, 5.74) is 0.376. The van der Waals surface area contributed by atoms with E-state index >= 15 is 0 Å². The number of halogens is 1. The Bertz CT molecular complexity index is 554. The maximum absolute atomic E-state index is 12.5. The second-order valence-electron chi connectivity index (χ2n) is 5.20. The molecule has 1 aliphatic rings. The van der Waals surface area contributed by atoms with E-state index in [0.29, 0.717) is 22.8 Å². The second-order valence-corrected chi connectivity index (χ2v) is 5.61. The molecule has 1 atom stereocenters. The molecule has 0 radical (unpaired) electrons. The van der Waals surface area contributed by atoms with Crippen molar-refractivity contribution in [3.63, 3.8) is 0 Å². The average Bonchev–Trinajstić information content (AvgIpc) is 2.98. The van der Waals surface area contributed by atoms with E-state index < -0.39 is 11.4 Å². The molecule has 6 heteroatoms. The molecule has 1 unspecified atom stereocenters. The molecule has 21 heavy (non-hydrogen) atoms. The van der Waals surface area contributed by atoms with Crippen LogP contribution >= 0.6 is 11.6 Å². The minimum atomic E-state index is -0.463. The highest BCUT2D eigenvalue weighted by Gasteiger charge is 2.39. The molecule has 2 N–H and O–H groups in total. The third-order valence-electron chi connectivity index (χ3n) is 4.04. The molecule has 0 saturated carbocycles. The van der Waals surface area contributed by atoms with Gasteiger partial charge in [-0.25, -0.2) is 4.79 Å². The summed E-state index contributed by atoms with van der Waals surface area (Å²) < 4.78 is 4.67. The maximum atomic E-state index is 12.5. The van der Waals surface area contributed by atoms with E-state index in [4.69, 9.17) is 11.6 Å². The first-order chi connectivity index (χ1) is 10.0. The Morgan fingerprint density at radius 3 is 2.81 bits per heavy atom. The molecule has 1 aromatic rings. The first-order valence-electron chi connectivity index (χ1n) is 6.92. The number of methoxy groups -OCH3 is 1. The van der Waals surface area contributed by atoms with E-state index in [1.54, 1.807) is 12.1 Å². The lowest BCUT2D eigenvalue weighted by atomic mass is 9.83. The molecule has 0 bridgehead atoms. The fourth-order valence-corrected chi connectivity index (χ4v) is 2.69. The first-order valence-corrected chi connectivity index (χ1v) is 7.30. The molecule has 114 valence electrons. The van der Waals surface area contributed by atoms with Crippen LogP contribution in [0.1, 0.15) is 30.1 Å². The molecule has 5 nitrogen and oxygen atoms in total. The van der Waals surface area contributed by atoms with Crippen molar-refractivity contribution < 1.29 is 14.3 Å². The molecule has 2 rings (SSSR count). The molecule has 1 heterocycles. The lowest BCUT2D eigenvalue weighted by Gasteiger charge is -2.25. The van der Waals surface area contributed by atoms with Gasteiger partial charge in [0, 0.05) is 6.54 Å². The van der Waals surface area contributed by atoms with Crippen molar-refractivity contribution in [2.24, 2.45) is 5.41 Å². The van der Waals surface area contributed by atoms with Gasteiger partial charge < -0.3 is 15.4 Å². The number of nitrogens with one attached hydrogen (secondary N) is 2. The summed E-state index contributed by atoms with van der Waals surface area (Å²) in [7, 11) is 1.31. The summed E-state index contributed by atoms with van der Waals surface area (Å²) in [5, 5.41) is 6.46. The number of ether oxygens (including phenoxy) is 1. The van der Waals surface area contributed by atoms with Crippen molar-refractivity contribution in [3.05, 3.63) is 28.8 Å². The minimum Gasteiger partial charge on any atom is -0.465 e. The van der Waals surface area contributed by atoms with Gasteiger partial charge in [-0.3, -0.25) is 4.79 Å². The zero-order valence-corrected chi connectivity index (χ0v) is 12.9. The number of hydrogen-bond donors (Lipinski definition) is 2. The standard InChI is InChI=1S/C15H19ClN2O3/c1-3-15(6-7-17-9-15)14(20)18-12-8-10(13(19)21-2)4-5-11(12)16/h4-5,8,17H,3,6-7,9H2,1-2H3,(H,18,20). The average molecular weight is 311 g/mol. The van der Waals surface area contributed by atoms with Gasteiger partial charge in [0.1, 0.15) is 0 Å². The summed E-state index contributed by atoms with van der Waals surface area (Å²) in [6.45, 7) is 3.49. The summed E-state index contributed by atoms with van der Waals surface area (Å²) in [4.78, 5) is 24.1. The van der Waals surface area contributed by atoms with Crippen LogP contribution in [0.3, 0.4) is 0 Å². The molecule has 1 aliphatic heterocycles. The quantitative estimate of drug-likeness (QED) is 0.838. The topological polar surface area (TPSA) is 67.4 Å². The number of hydrogen-bond acceptors (Lipinski definition) is 4. The predicted octanol–water partition coefficient (Wildman–Crippen LogP) is 2.45. The number of benzene rings is 1. The smallest absolute Gasteiger partial charge is 0.337 e. The zero-order chi connectivity index (χ0) is 15.5. The number of rotatable bonds is 4. The van der Waals surface area contributed by atoms with Crippen molar-refractivity contribution >= 4 is 29.2 Å². The normalized spacial score (nSPS) is 21.1. The largest absolute Gasteiger partial charge is 0.465 e. The van der Waals surface area contributed by atoms with E-state index in [1.165, 1.54) is 13.2 Å². The van der Waals surface area contributed by atoms with Gasteiger partial charge in [-0.2, -0.15) is 0 Å². The summed E-state index contributed by atoms with van der Waals surface area (Å²) in [5.74, 6) is -0.534. The first kappa shape index (κ1) is 15.8. The molecule has 1 saturated heterocycles. The molecular formula is C15H19ClN2O3. The number of amides is 1. The molecule has 1 aromatic carbocycles. The van der Waals surface area contributed by atoms with E-state index in [9.17, 15) is 9.59 Å². The summed E-state index contributed by atoms with van der Waals surface area (Å²) in [6.07, 6.45) is 1.55. The number of anilines is 1. The van der Waals surface area contributed by atoms with E-state index in [2.05, 4.69) is 15.4 Å². The van der Waals surface area contributed by atoms with Crippen LogP contribution < -0.4 is 10.6 Å². The highest BCUT2D eigenvalue weighted by Crippen LogP contribution is 2.32. The van der Waals surface area contributed by atoms with Crippen LogP contribution in [0.25, 0.3) is 0 Å². The molecule has 0 spiro atoms. The van der Waals surface area contributed by atoms with Gasteiger partial charge in [0.25, 0.3) is 0 Å². The monoisotopic (exact) mass is 310 g/mol. The van der Waals surface area contributed by atoms with Gasteiger partial charge in [0.15, 0.2) is 0 Å². The lowest BCUT2D eigenvalue weighted by molar-refractivity contribution is -0.124. The van der Waals surface area contributed by atoms with E-state index in [-0.39, 0.29) is 5.91 Å². The Kier molecular flexibility index (Phi) is 4.85. The highest BCUT2D eigenvalue weighted by atomic mass is 35.5. The van der Waals surface area contributed by atoms with Crippen LogP contribution in [-0.2, 0) is 9.53 Å². The Morgan fingerprint density at radius 2 is 2.24 bits per heavy atom. The molecule has 1 amide bonds. The van der Waals surface area contributed by atoms with E-state index in [0.717, 1.165) is 19.4 Å². The Morgan fingerprint density at radius 1 is 1.48 bits per heavy atom. The Labute approximate surface area is 129 Å². The van der Waals surface area contributed by atoms with Crippen LogP contribution in [0.15, 0.2) is 18.2 Å². The van der Waals surface area contributed by atoms with Gasteiger partial charge in [-0.15, -0.1) is 0 Å². The van der Waals surface area contributed by atoms with Crippen LogP contribution in [-0.4, -0.2) is 32.1 Å². The van der Waals surface area contributed by atoms with Crippen LogP contribution in [0, 0.1) is 5.41 Å². The van der Waals surface area contributed by atoms with Gasteiger partial charge in [0.05, 0.1) is 28.8 Å². The maximum Gasteiger partial charge on any atom is 0.337 e. The van der Waals surface area contributed by atoms with Crippen molar-refractivity contribution in [3.8, 4) is 0 Å². The SMILES string of the molecule is CCC1(C(=O)Nc2cc(C(=O)OC)ccc2Cl)CCNC1. The second kappa shape index (κ2) is 6.45. The number of carbonyl (C=O) groups excluding carboxylic acids is 2. The van der Waals surface area contributed by atoms with Gasteiger partial charge >= 0.3 is 5.97 Å². The lowest BCUT2D eigenvalue weighted by Crippen LogP contribution is -2.37. The third-order valence-corrected chi connectivity index (χ3v) is 4.37. The van der Waals surface area contributed by atoms with Crippen molar-refractivity contribution in [2.45, 2.75) is 19.8 Å². The third kappa shape index (κ3) is 3.19. The summed E-state index contributed by atoms with van der Waals surface area (Å²) >= 11 is 6.10. The van der Waals surface area contributed by atoms with Crippen molar-refractivity contribution in [1.29, 1.82) is 0 Å². The van der Waals surface area contributed by atoms with Crippen LogP contribution in [0.4, 0.5) is 5.69 Å². The number of esters is 1. The molecule has 0 aliphatic carbocycles. The van der Waals surface area contributed by atoms with Gasteiger partial charge in [-0.05, 0) is 37.6 Å². The van der Waals surface area contributed by atoms with Crippen molar-refractivity contribution in [1.82, 2.24) is 5.32 Å². The number of carbonyl (C=O) groups is 2. The highest BCUT2D eigenvalue weighted by molar-refractivity contribution is 6.34. The molecule has 0 aromatic heterocycles. The fourth-order valence-electron chi connectivity index (χ4n) is 2.52.